The molecule has 0 radical (unpaired) electrons. The van der Waals surface area contributed by atoms with Crippen LogP contribution in [0.5, 0.6) is 5.75 Å². The second-order valence-electron chi connectivity index (χ2n) is 5.34. The van der Waals surface area contributed by atoms with Gasteiger partial charge in [0.1, 0.15) is 5.75 Å². The van der Waals surface area contributed by atoms with Gasteiger partial charge in [0.05, 0.1) is 7.11 Å². The summed E-state index contributed by atoms with van der Waals surface area (Å²) in [5.41, 5.74) is 2.36. The van der Waals surface area contributed by atoms with E-state index in [0.717, 1.165) is 17.7 Å². The van der Waals surface area contributed by atoms with Gasteiger partial charge >= 0.3 is 0 Å². The quantitative estimate of drug-likeness (QED) is 0.714. The number of hydrogen-bond donors (Lipinski definition) is 0. The summed E-state index contributed by atoms with van der Waals surface area (Å²) in [6.45, 7) is 0. The Balaban J connectivity index is 1.75. The normalized spacial score (nSPS) is 25.5. The lowest BCUT2D eigenvalue weighted by molar-refractivity contribution is 0.257. The van der Waals surface area contributed by atoms with Crippen molar-refractivity contribution in [2.45, 2.75) is 31.3 Å². The fourth-order valence-corrected chi connectivity index (χ4v) is 2.96. The molecule has 0 N–H and O–H groups in total. The lowest BCUT2D eigenvalue weighted by atomic mass is 10.0. The van der Waals surface area contributed by atoms with E-state index in [1.165, 1.54) is 18.4 Å². The molecular weight excluding hydrogens is 234 g/mol. The second-order valence-corrected chi connectivity index (χ2v) is 5.34. The molecule has 2 atom stereocenters. The van der Waals surface area contributed by atoms with Gasteiger partial charge in [0.2, 0.25) is 0 Å². The van der Waals surface area contributed by atoms with Crippen molar-refractivity contribution in [2.24, 2.45) is 0 Å². The molecule has 1 aromatic rings. The van der Waals surface area contributed by atoms with E-state index in [1.54, 1.807) is 7.11 Å². The van der Waals surface area contributed by atoms with Crippen LogP contribution in [0.3, 0.4) is 0 Å². The maximum Gasteiger partial charge on any atom is 0.118 e. The molecule has 2 aliphatic heterocycles. The molecule has 0 spiro atoms. The SMILES string of the molecule is COc1ccc(C#CC2=CC3CCC(C2)N3C)cc1. The van der Waals surface area contributed by atoms with Gasteiger partial charge in [0, 0.05) is 23.2 Å². The molecule has 0 aliphatic carbocycles. The van der Waals surface area contributed by atoms with E-state index in [0.29, 0.717) is 12.1 Å². The average molecular weight is 253 g/mol. The van der Waals surface area contributed by atoms with Crippen LogP contribution < -0.4 is 4.74 Å². The van der Waals surface area contributed by atoms with Crippen LogP contribution in [0.25, 0.3) is 0 Å². The Kier molecular flexibility index (Phi) is 3.31. The smallest absolute Gasteiger partial charge is 0.118 e. The molecule has 1 saturated heterocycles. The zero-order chi connectivity index (χ0) is 13.2. The first-order valence-corrected chi connectivity index (χ1v) is 6.85. The highest BCUT2D eigenvalue weighted by atomic mass is 16.5. The van der Waals surface area contributed by atoms with Crippen molar-refractivity contribution >= 4 is 0 Å². The number of nitrogens with zero attached hydrogens (tertiary/aromatic N) is 1. The van der Waals surface area contributed by atoms with Crippen molar-refractivity contribution in [3.05, 3.63) is 41.5 Å². The van der Waals surface area contributed by atoms with E-state index in [2.05, 4.69) is 29.9 Å². The minimum Gasteiger partial charge on any atom is -0.497 e. The largest absolute Gasteiger partial charge is 0.497 e. The van der Waals surface area contributed by atoms with Crippen LogP contribution in [0.2, 0.25) is 0 Å². The average Bonchev–Trinajstić information content (AvgIpc) is 2.68. The first-order chi connectivity index (χ1) is 9.26. The zero-order valence-corrected chi connectivity index (χ0v) is 11.5. The lowest BCUT2D eigenvalue weighted by Crippen LogP contribution is -2.34. The molecule has 2 bridgehead atoms. The Bertz CT molecular complexity index is 547. The molecule has 2 heteroatoms. The summed E-state index contributed by atoms with van der Waals surface area (Å²) < 4.78 is 5.15. The molecule has 0 saturated carbocycles. The Morgan fingerprint density at radius 1 is 1.16 bits per heavy atom. The van der Waals surface area contributed by atoms with Crippen LogP contribution in [-0.4, -0.2) is 31.1 Å². The minimum absolute atomic E-state index is 0.610. The summed E-state index contributed by atoms with van der Waals surface area (Å²) in [7, 11) is 3.91. The number of benzene rings is 1. The zero-order valence-electron chi connectivity index (χ0n) is 11.5. The number of fused-ring (bicyclic) bond motifs is 2. The third-order valence-corrected chi connectivity index (χ3v) is 4.20. The number of ether oxygens (including phenoxy) is 1. The Labute approximate surface area is 115 Å². The van der Waals surface area contributed by atoms with Gasteiger partial charge in [0.15, 0.2) is 0 Å². The summed E-state index contributed by atoms with van der Waals surface area (Å²) in [6, 6.07) is 9.24. The highest BCUT2D eigenvalue weighted by molar-refractivity contribution is 5.44. The molecule has 19 heavy (non-hydrogen) atoms. The molecule has 0 amide bonds. The third kappa shape index (κ3) is 2.52. The van der Waals surface area contributed by atoms with Crippen molar-refractivity contribution < 1.29 is 4.74 Å². The van der Waals surface area contributed by atoms with Gasteiger partial charge in [0.25, 0.3) is 0 Å². The molecule has 98 valence electrons. The number of hydrogen-bond acceptors (Lipinski definition) is 2. The first-order valence-electron chi connectivity index (χ1n) is 6.85. The number of rotatable bonds is 1. The van der Waals surface area contributed by atoms with Gasteiger partial charge in [-0.1, -0.05) is 17.9 Å². The molecule has 3 rings (SSSR count). The summed E-state index contributed by atoms with van der Waals surface area (Å²) >= 11 is 0. The van der Waals surface area contributed by atoms with Crippen LogP contribution in [0.1, 0.15) is 24.8 Å². The van der Waals surface area contributed by atoms with Crippen LogP contribution in [0.15, 0.2) is 35.9 Å². The first kappa shape index (κ1) is 12.3. The highest BCUT2D eigenvalue weighted by Crippen LogP contribution is 2.32. The predicted molar refractivity (Wildman–Crippen MR) is 77.1 cm³/mol. The maximum atomic E-state index is 5.15. The molecule has 1 fully saturated rings. The Hall–Kier alpha value is -1.72. The summed E-state index contributed by atoms with van der Waals surface area (Å²) in [5.74, 6) is 7.47. The van der Waals surface area contributed by atoms with Gasteiger partial charge in [-0.3, -0.25) is 4.90 Å². The molecule has 1 aromatic carbocycles. The van der Waals surface area contributed by atoms with Crippen LogP contribution in [0, 0.1) is 11.8 Å². The van der Waals surface area contributed by atoms with E-state index >= 15 is 0 Å². The minimum atomic E-state index is 0.610. The number of methoxy groups -OCH3 is 1. The van der Waals surface area contributed by atoms with E-state index in [1.807, 2.05) is 24.3 Å². The highest BCUT2D eigenvalue weighted by Gasteiger charge is 2.33. The maximum absolute atomic E-state index is 5.15. The summed E-state index contributed by atoms with van der Waals surface area (Å²) in [6.07, 6.45) is 6.05. The van der Waals surface area contributed by atoms with Crippen molar-refractivity contribution in [1.29, 1.82) is 0 Å². The standard InChI is InChI=1S/C17H19NO/c1-18-15-7-8-16(18)12-14(11-15)4-3-13-5-9-17(19-2)10-6-13/h5-6,9-11,15-16H,7-8,12H2,1-2H3. The molecule has 2 nitrogen and oxygen atoms in total. The molecule has 0 aromatic heterocycles. The molecule has 2 unspecified atom stereocenters. The predicted octanol–water partition coefficient (Wildman–Crippen LogP) is 2.84. The van der Waals surface area contributed by atoms with Crippen molar-refractivity contribution in [2.75, 3.05) is 14.2 Å². The van der Waals surface area contributed by atoms with Crippen molar-refractivity contribution in [3.63, 3.8) is 0 Å². The van der Waals surface area contributed by atoms with Gasteiger partial charge in [-0.25, -0.2) is 0 Å². The molecular formula is C17H19NO. The van der Waals surface area contributed by atoms with E-state index < -0.39 is 0 Å². The van der Waals surface area contributed by atoms with Crippen molar-refractivity contribution in [3.8, 4) is 17.6 Å². The monoisotopic (exact) mass is 253 g/mol. The fourth-order valence-electron chi connectivity index (χ4n) is 2.96. The lowest BCUT2D eigenvalue weighted by Gasteiger charge is -2.28. The fraction of sp³-hybridized carbons (Fsp3) is 0.412. The van der Waals surface area contributed by atoms with Gasteiger partial charge < -0.3 is 4.74 Å². The van der Waals surface area contributed by atoms with E-state index in [-0.39, 0.29) is 0 Å². The Morgan fingerprint density at radius 2 is 1.95 bits per heavy atom. The summed E-state index contributed by atoms with van der Waals surface area (Å²) in [4.78, 5) is 2.48. The van der Waals surface area contributed by atoms with E-state index in [9.17, 15) is 0 Å². The summed E-state index contributed by atoms with van der Waals surface area (Å²) in [5, 5.41) is 0. The van der Waals surface area contributed by atoms with Gasteiger partial charge in [-0.2, -0.15) is 0 Å². The van der Waals surface area contributed by atoms with Crippen LogP contribution in [-0.2, 0) is 0 Å². The van der Waals surface area contributed by atoms with Crippen LogP contribution >= 0.6 is 0 Å². The topological polar surface area (TPSA) is 12.5 Å². The number of likely N-dealkylation sites (N-methyl/N-ethyl adjacent to an activating group) is 1. The van der Waals surface area contributed by atoms with Crippen molar-refractivity contribution in [1.82, 2.24) is 4.90 Å². The second kappa shape index (κ2) is 5.11. The van der Waals surface area contributed by atoms with Gasteiger partial charge in [-0.05, 0) is 50.6 Å². The molecule has 2 aliphatic rings. The third-order valence-electron chi connectivity index (χ3n) is 4.20. The van der Waals surface area contributed by atoms with Gasteiger partial charge in [-0.15, -0.1) is 0 Å². The molecule has 2 heterocycles. The Morgan fingerprint density at radius 3 is 2.63 bits per heavy atom. The van der Waals surface area contributed by atoms with E-state index in [4.69, 9.17) is 4.74 Å². The van der Waals surface area contributed by atoms with Crippen LogP contribution in [0.4, 0.5) is 0 Å².